The Kier molecular flexibility index (Phi) is 4.41. The van der Waals surface area contributed by atoms with Crippen LogP contribution in [0.3, 0.4) is 0 Å². The van der Waals surface area contributed by atoms with E-state index in [0.717, 1.165) is 25.7 Å². The van der Waals surface area contributed by atoms with Crippen molar-refractivity contribution in [2.24, 2.45) is 11.7 Å². The third kappa shape index (κ3) is 3.74. The minimum Gasteiger partial charge on any atom is -0.325 e. The maximum Gasteiger partial charge on any atom is 0.155 e. The van der Waals surface area contributed by atoms with Gasteiger partial charge in [-0.15, -0.1) is 0 Å². The lowest BCUT2D eigenvalue weighted by Gasteiger charge is -2.32. The van der Waals surface area contributed by atoms with E-state index in [2.05, 4.69) is 6.92 Å². The Labute approximate surface area is 99.7 Å². The summed E-state index contributed by atoms with van der Waals surface area (Å²) in [5.41, 5.74) is 5.22. The molecule has 1 aliphatic carbocycles. The topological polar surface area (TPSA) is 60.2 Å². The van der Waals surface area contributed by atoms with Crippen molar-refractivity contribution in [1.82, 2.24) is 0 Å². The highest BCUT2D eigenvalue weighted by atomic mass is 32.2. The summed E-state index contributed by atoms with van der Waals surface area (Å²) in [5, 5.41) is -0.144. The van der Waals surface area contributed by atoms with Crippen molar-refractivity contribution in [3.63, 3.8) is 0 Å². The highest BCUT2D eigenvalue weighted by Gasteiger charge is 2.36. The van der Waals surface area contributed by atoms with Gasteiger partial charge < -0.3 is 5.73 Å². The van der Waals surface area contributed by atoms with E-state index in [1.807, 2.05) is 0 Å². The van der Waals surface area contributed by atoms with Gasteiger partial charge in [0.1, 0.15) is 0 Å². The molecule has 0 spiro atoms. The molecule has 2 unspecified atom stereocenters. The minimum absolute atomic E-state index is 0.112. The molecule has 0 radical (unpaired) electrons. The molecule has 1 aliphatic rings. The molecule has 16 heavy (non-hydrogen) atoms. The van der Waals surface area contributed by atoms with Crippen LogP contribution in [-0.4, -0.2) is 25.0 Å². The molecule has 3 nitrogen and oxygen atoms in total. The van der Waals surface area contributed by atoms with E-state index in [9.17, 15) is 8.42 Å². The largest absolute Gasteiger partial charge is 0.325 e. The van der Waals surface area contributed by atoms with Crippen molar-refractivity contribution < 1.29 is 8.42 Å². The highest BCUT2D eigenvalue weighted by molar-refractivity contribution is 7.92. The first-order chi connectivity index (χ1) is 7.26. The van der Waals surface area contributed by atoms with Crippen molar-refractivity contribution in [3.8, 4) is 0 Å². The number of sulfone groups is 1. The summed E-state index contributed by atoms with van der Waals surface area (Å²) in [6.45, 7) is 5.66. The van der Waals surface area contributed by atoms with Gasteiger partial charge in [0.15, 0.2) is 9.84 Å². The smallest absolute Gasteiger partial charge is 0.155 e. The second-order valence-electron chi connectivity index (χ2n) is 5.79. The zero-order valence-corrected chi connectivity index (χ0v) is 11.5. The summed E-state index contributed by atoms with van der Waals surface area (Å²) in [5.74, 6) is 0.461. The van der Waals surface area contributed by atoms with Gasteiger partial charge in [-0.1, -0.05) is 26.2 Å². The van der Waals surface area contributed by atoms with Gasteiger partial charge in [-0.05, 0) is 32.6 Å². The van der Waals surface area contributed by atoms with Crippen molar-refractivity contribution in [2.75, 3.05) is 5.75 Å². The predicted octanol–water partition coefficient (Wildman–Crippen LogP) is 2.11. The maximum absolute atomic E-state index is 12.3. The van der Waals surface area contributed by atoms with Gasteiger partial charge in [-0.25, -0.2) is 8.42 Å². The van der Waals surface area contributed by atoms with Crippen molar-refractivity contribution in [3.05, 3.63) is 0 Å². The van der Waals surface area contributed by atoms with Gasteiger partial charge in [0, 0.05) is 5.54 Å². The van der Waals surface area contributed by atoms with Gasteiger partial charge in [-0.3, -0.25) is 0 Å². The monoisotopic (exact) mass is 247 g/mol. The number of rotatable bonds is 4. The van der Waals surface area contributed by atoms with Crippen LogP contribution in [0.1, 0.15) is 52.9 Å². The van der Waals surface area contributed by atoms with Crippen molar-refractivity contribution >= 4 is 9.84 Å². The minimum atomic E-state index is -3.03. The van der Waals surface area contributed by atoms with Crippen LogP contribution in [0.4, 0.5) is 0 Å². The molecule has 2 N–H and O–H groups in total. The van der Waals surface area contributed by atoms with E-state index >= 15 is 0 Å². The summed E-state index contributed by atoms with van der Waals surface area (Å²) in [6, 6.07) is 0. The quantitative estimate of drug-likeness (QED) is 0.827. The van der Waals surface area contributed by atoms with E-state index < -0.39 is 15.4 Å². The molecule has 0 aliphatic heterocycles. The van der Waals surface area contributed by atoms with Gasteiger partial charge in [0.25, 0.3) is 0 Å². The Balaban J connectivity index is 2.80. The van der Waals surface area contributed by atoms with Crippen LogP contribution >= 0.6 is 0 Å². The summed E-state index contributed by atoms with van der Waals surface area (Å²) < 4.78 is 24.6. The average molecular weight is 247 g/mol. The fraction of sp³-hybridized carbons (Fsp3) is 1.00. The molecular weight excluding hydrogens is 222 g/mol. The molecular formula is C12H25NO2S. The number of hydrogen-bond donors (Lipinski definition) is 1. The molecule has 1 rings (SSSR count). The van der Waals surface area contributed by atoms with Gasteiger partial charge >= 0.3 is 0 Å². The molecule has 1 fully saturated rings. The van der Waals surface area contributed by atoms with Crippen LogP contribution < -0.4 is 5.73 Å². The van der Waals surface area contributed by atoms with Crippen LogP contribution in [0.15, 0.2) is 0 Å². The molecule has 0 saturated heterocycles. The Hall–Kier alpha value is -0.0900. The molecule has 96 valence electrons. The second kappa shape index (κ2) is 5.05. The zero-order chi connectivity index (χ0) is 12.4. The first-order valence-electron chi connectivity index (χ1n) is 6.27. The lowest BCUT2D eigenvalue weighted by atomic mass is 9.87. The Bertz CT molecular complexity index is 316. The lowest BCUT2D eigenvalue weighted by molar-refractivity contribution is 0.346. The molecule has 1 saturated carbocycles. The first kappa shape index (κ1) is 14.0. The molecule has 0 aromatic carbocycles. The zero-order valence-electron chi connectivity index (χ0n) is 10.7. The first-order valence-corrected chi connectivity index (χ1v) is 7.98. The second-order valence-corrected chi connectivity index (χ2v) is 8.01. The Morgan fingerprint density at radius 2 is 1.81 bits per heavy atom. The molecule has 0 aromatic rings. The maximum atomic E-state index is 12.3. The van der Waals surface area contributed by atoms with Crippen LogP contribution in [0.5, 0.6) is 0 Å². The molecule has 2 atom stereocenters. The van der Waals surface area contributed by atoms with E-state index in [1.165, 1.54) is 6.42 Å². The van der Waals surface area contributed by atoms with Crippen LogP contribution in [0, 0.1) is 5.92 Å². The van der Waals surface area contributed by atoms with Crippen molar-refractivity contribution in [2.45, 2.75) is 63.7 Å². The number of hydrogen-bond acceptors (Lipinski definition) is 3. The van der Waals surface area contributed by atoms with E-state index in [1.54, 1.807) is 13.8 Å². The molecule has 4 heteroatoms. The van der Waals surface area contributed by atoms with Crippen LogP contribution in [0.2, 0.25) is 0 Å². The van der Waals surface area contributed by atoms with Gasteiger partial charge in [-0.2, -0.15) is 0 Å². The SMILES string of the molecule is CCC1CCCCC1S(=O)(=O)CC(C)(C)N. The molecule has 0 aromatic heterocycles. The molecule has 0 bridgehead atoms. The summed E-state index contributed by atoms with van der Waals surface area (Å²) in [6.07, 6.45) is 5.08. The summed E-state index contributed by atoms with van der Waals surface area (Å²) >= 11 is 0. The van der Waals surface area contributed by atoms with Crippen molar-refractivity contribution in [1.29, 1.82) is 0 Å². The van der Waals surface area contributed by atoms with Gasteiger partial charge in [0.05, 0.1) is 11.0 Å². The van der Waals surface area contributed by atoms with E-state index in [4.69, 9.17) is 5.73 Å². The summed E-state index contributed by atoms with van der Waals surface area (Å²) in [4.78, 5) is 0. The Morgan fingerprint density at radius 1 is 1.25 bits per heavy atom. The van der Waals surface area contributed by atoms with E-state index in [-0.39, 0.29) is 11.0 Å². The molecule has 0 heterocycles. The van der Waals surface area contributed by atoms with Crippen LogP contribution in [-0.2, 0) is 9.84 Å². The third-order valence-electron chi connectivity index (χ3n) is 3.40. The van der Waals surface area contributed by atoms with Crippen LogP contribution in [0.25, 0.3) is 0 Å². The fourth-order valence-electron chi connectivity index (χ4n) is 2.74. The fourth-order valence-corrected chi connectivity index (χ4v) is 5.43. The Morgan fingerprint density at radius 3 is 2.31 bits per heavy atom. The average Bonchev–Trinajstić information content (AvgIpc) is 2.14. The molecule has 0 amide bonds. The standard InChI is InChI=1S/C12H25NO2S/c1-4-10-7-5-6-8-11(10)16(14,15)9-12(2,3)13/h10-11H,4-9,13H2,1-3H3. The van der Waals surface area contributed by atoms with Gasteiger partial charge in [0.2, 0.25) is 0 Å². The lowest BCUT2D eigenvalue weighted by Crippen LogP contribution is -2.45. The predicted molar refractivity (Wildman–Crippen MR) is 68.1 cm³/mol. The third-order valence-corrected chi connectivity index (χ3v) is 6.09. The summed E-state index contributed by atoms with van der Waals surface area (Å²) in [7, 11) is -3.03. The number of nitrogens with two attached hydrogens (primary N) is 1. The highest BCUT2D eigenvalue weighted by Crippen LogP contribution is 2.32. The normalized spacial score (nSPS) is 28.0. The van der Waals surface area contributed by atoms with E-state index in [0.29, 0.717) is 5.92 Å².